The Balaban J connectivity index is 1.55. The molecule has 198 valence electrons. The zero-order valence-corrected chi connectivity index (χ0v) is 22.6. The van der Waals surface area contributed by atoms with E-state index in [9.17, 15) is 14.4 Å². The third kappa shape index (κ3) is 6.17. The number of fused-ring (bicyclic) bond motifs is 1. The fourth-order valence-electron chi connectivity index (χ4n) is 4.88. The molecule has 7 nitrogen and oxygen atoms in total. The summed E-state index contributed by atoms with van der Waals surface area (Å²) in [5.74, 6) is 0.413. The number of benzene rings is 3. The van der Waals surface area contributed by atoms with Gasteiger partial charge in [-0.1, -0.05) is 29.8 Å². The lowest BCUT2D eigenvalue weighted by atomic mass is 9.89. The van der Waals surface area contributed by atoms with Crippen molar-refractivity contribution in [2.24, 2.45) is 0 Å². The molecule has 8 heteroatoms. The van der Waals surface area contributed by atoms with E-state index in [-0.39, 0.29) is 29.8 Å². The molecule has 0 saturated heterocycles. The van der Waals surface area contributed by atoms with Crippen molar-refractivity contribution in [2.45, 2.75) is 45.7 Å². The number of ether oxygens (including phenoxy) is 1. The molecule has 2 unspecified atom stereocenters. The van der Waals surface area contributed by atoms with Crippen LogP contribution in [0.2, 0.25) is 5.02 Å². The van der Waals surface area contributed by atoms with Crippen LogP contribution in [0.15, 0.2) is 72.8 Å². The smallest absolute Gasteiger partial charge is 0.258 e. The van der Waals surface area contributed by atoms with Crippen LogP contribution in [0.4, 0.5) is 11.4 Å². The lowest BCUT2D eigenvalue weighted by Gasteiger charge is -2.43. The van der Waals surface area contributed by atoms with Gasteiger partial charge in [0.05, 0.1) is 12.6 Å². The first kappa shape index (κ1) is 27.2. The van der Waals surface area contributed by atoms with Crippen molar-refractivity contribution in [2.75, 3.05) is 23.0 Å². The Bertz CT molecular complexity index is 1290. The Labute approximate surface area is 228 Å². The highest BCUT2D eigenvalue weighted by Gasteiger charge is 2.38. The van der Waals surface area contributed by atoms with Crippen LogP contribution >= 0.6 is 11.6 Å². The maximum Gasteiger partial charge on any atom is 0.258 e. The molecule has 4 rings (SSSR count). The van der Waals surface area contributed by atoms with Crippen LogP contribution in [-0.4, -0.2) is 36.9 Å². The van der Waals surface area contributed by atoms with Crippen molar-refractivity contribution >= 4 is 40.7 Å². The molecule has 2 atom stereocenters. The minimum absolute atomic E-state index is 0.0633. The number of anilines is 2. The second kappa shape index (κ2) is 12.1. The molecule has 38 heavy (non-hydrogen) atoms. The first-order valence-corrected chi connectivity index (χ1v) is 13.1. The lowest BCUT2D eigenvalue weighted by molar-refractivity contribution is -0.119. The van der Waals surface area contributed by atoms with Crippen LogP contribution in [0.3, 0.4) is 0 Å². The van der Waals surface area contributed by atoms with Crippen LogP contribution < -0.4 is 19.9 Å². The van der Waals surface area contributed by atoms with E-state index in [1.54, 1.807) is 48.2 Å². The van der Waals surface area contributed by atoms with Gasteiger partial charge < -0.3 is 19.9 Å². The van der Waals surface area contributed by atoms with Crippen molar-refractivity contribution in [3.8, 4) is 5.75 Å². The normalized spacial score (nSPS) is 16.4. The molecule has 3 aromatic rings. The fraction of sp³-hybridized carbons (Fsp3) is 0.300. The van der Waals surface area contributed by atoms with E-state index >= 15 is 0 Å². The SMILES string of the molecule is CC(=O)NCCCOc1ccc(C(=O)N2c3ccccc3C(N(C(C)=O)c3ccc(Cl)cc3)CC2C)cc1. The summed E-state index contributed by atoms with van der Waals surface area (Å²) >= 11 is 6.09. The van der Waals surface area contributed by atoms with Crippen molar-refractivity contribution in [3.63, 3.8) is 0 Å². The van der Waals surface area contributed by atoms with Crippen LogP contribution in [0.1, 0.15) is 55.6 Å². The molecule has 0 bridgehead atoms. The Hall–Kier alpha value is -3.84. The molecule has 1 aliphatic heterocycles. The first-order valence-electron chi connectivity index (χ1n) is 12.7. The molecule has 3 aromatic carbocycles. The maximum absolute atomic E-state index is 13.7. The summed E-state index contributed by atoms with van der Waals surface area (Å²) in [6, 6.07) is 21.7. The predicted molar refractivity (Wildman–Crippen MR) is 150 cm³/mol. The number of amides is 3. The molecule has 0 aliphatic carbocycles. The standard InChI is InChI=1S/C30H32ClN3O4/c1-20-19-29(34(22(3)36)25-13-11-24(31)12-14-25)27-7-4-5-8-28(27)33(20)30(37)23-9-15-26(16-10-23)38-18-6-17-32-21(2)35/h4-5,7-16,20,29H,6,17-19H2,1-3H3,(H,32,35). The summed E-state index contributed by atoms with van der Waals surface area (Å²) in [5.41, 5.74) is 3.03. The third-order valence-electron chi connectivity index (χ3n) is 6.60. The number of carbonyl (C=O) groups excluding carboxylic acids is 3. The van der Waals surface area contributed by atoms with Gasteiger partial charge in [0.2, 0.25) is 11.8 Å². The summed E-state index contributed by atoms with van der Waals surface area (Å²) in [6.07, 6.45) is 1.28. The average molecular weight is 534 g/mol. The van der Waals surface area contributed by atoms with Crippen LogP contribution in [0.5, 0.6) is 5.75 Å². The number of hydrogen-bond acceptors (Lipinski definition) is 4. The van der Waals surface area contributed by atoms with Crippen molar-refractivity contribution < 1.29 is 19.1 Å². The summed E-state index contributed by atoms with van der Waals surface area (Å²) in [7, 11) is 0. The molecule has 0 saturated carbocycles. The highest BCUT2D eigenvalue weighted by Crippen LogP contribution is 2.42. The van der Waals surface area contributed by atoms with Crippen molar-refractivity contribution in [3.05, 3.63) is 88.9 Å². The van der Waals surface area contributed by atoms with E-state index in [1.807, 2.05) is 48.2 Å². The van der Waals surface area contributed by atoms with Crippen LogP contribution in [0.25, 0.3) is 0 Å². The Kier molecular flexibility index (Phi) is 8.69. The number of rotatable bonds is 8. The topological polar surface area (TPSA) is 79.0 Å². The predicted octanol–water partition coefficient (Wildman–Crippen LogP) is 5.78. The van der Waals surface area contributed by atoms with E-state index in [1.165, 1.54) is 6.92 Å². The highest BCUT2D eigenvalue weighted by molar-refractivity contribution is 6.30. The molecule has 1 N–H and O–H groups in total. The summed E-state index contributed by atoms with van der Waals surface area (Å²) in [5, 5.41) is 3.34. The summed E-state index contributed by atoms with van der Waals surface area (Å²) in [6.45, 7) is 6.07. The fourth-order valence-corrected chi connectivity index (χ4v) is 5.00. The molecule has 0 aromatic heterocycles. The number of nitrogens with one attached hydrogen (secondary N) is 1. The van der Waals surface area contributed by atoms with E-state index in [4.69, 9.17) is 16.3 Å². The van der Waals surface area contributed by atoms with Crippen molar-refractivity contribution in [1.82, 2.24) is 5.32 Å². The van der Waals surface area contributed by atoms with Gasteiger partial charge in [0.1, 0.15) is 5.75 Å². The highest BCUT2D eigenvalue weighted by atomic mass is 35.5. The van der Waals surface area contributed by atoms with Gasteiger partial charge in [-0.2, -0.15) is 0 Å². The van der Waals surface area contributed by atoms with E-state index in [2.05, 4.69) is 5.32 Å². The van der Waals surface area contributed by atoms with Crippen LogP contribution in [-0.2, 0) is 9.59 Å². The Morgan fingerprint density at radius 3 is 2.34 bits per heavy atom. The minimum Gasteiger partial charge on any atom is -0.494 e. The summed E-state index contributed by atoms with van der Waals surface area (Å²) in [4.78, 5) is 41.1. The van der Waals surface area contributed by atoms with Gasteiger partial charge >= 0.3 is 0 Å². The van der Waals surface area contributed by atoms with Gasteiger partial charge in [0, 0.05) is 48.4 Å². The molecule has 1 aliphatic rings. The molecule has 0 spiro atoms. The molecule has 0 fully saturated rings. The molecule has 0 radical (unpaired) electrons. The monoisotopic (exact) mass is 533 g/mol. The Morgan fingerprint density at radius 1 is 1.00 bits per heavy atom. The number of para-hydroxylation sites is 1. The minimum atomic E-state index is -0.225. The third-order valence-corrected chi connectivity index (χ3v) is 6.85. The molecule has 3 amide bonds. The van der Waals surface area contributed by atoms with Gasteiger partial charge in [0.25, 0.3) is 5.91 Å². The average Bonchev–Trinajstić information content (AvgIpc) is 2.89. The maximum atomic E-state index is 13.7. The quantitative estimate of drug-likeness (QED) is 0.372. The number of nitrogens with zero attached hydrogens (tertiary/aromatic N) is 2. The van der Waals surface area contributed by atoms with E-state index in [0.29, 0.717) is 42.3 Å². The van der Waals surface area contributed by atoms with E-state index < -0.39 is 0 Å². The van der Waals surface area contributed by atoms with Gasteiger partial charge in [-0.05, 0) is 79.9 Å². The molecule has 1 heterocycles. The lowest BCUT2D eigenvalue weighted by Crippen LogP contribution is -2.47. The first-order chi connectivity index (χ1) is 18.3. The van der Waals surface area contributed by atoms with Crippen molar-refractivity contribution in [1.29, 1.82) is 0 Å². The van der Waals surface area contributed by atoms with E-state index in [0.717, 1.165) is 16.9 Å². The van der Waals surface area contributed by atoms with Gasteiger partial charge in [-0.15, -0.1) is 0 Å². The molecular weight excluding hydrogens is 502 g/mol. The second-order valence-corrected chi connectivity index (χ2v) is 9.85. The number of hydrogen-bond donors (Lipinski definition) is 1. The Morgan fingerprint density at radius 2 is 1.68 bits per heavy atom. The zero-order chi connectivity index (χ0) is 27.2. The zero-order valence-electron chi connectivity index (χ0n) is 21.8. The van der Waals surface area contributed by atoms with Gasteiger partial charge in [-0.25, -0.2) is 0 Å². The number of halogens is 1. The van der Waals surface area contributed by atoms with Gasteiger partial charge in [0.15, 0.2) is 0 Å². The summed E-state index contributed by atoms with van der Waals surface area (Å²) < 4.78 is 5.74. The van der Waals surface area contributed by atoms with Gasteiger partial charge in [-0.3, -0.25) is 14.4 Å². The molecular formula is C30H32ClN3O4. The largest absolute Gasteiger partial charge is 0.494 e. The number of carbonyl (C=O) groups is 3. The second-order valence-electron chi connectivity index (χ2n) is 9.41. The van der Waals surface area contributed by atoms with Crippen LogP contribution in [0, 0.1) is 0 Å².